The summed E-state index contributed by atoms with van der Waals surface area (Å²) in [5.41, 5.74) is 4.55. The average Bonchev–Trinajstić information content (AvgIpc) is 2.26. The molecule has 7 heteroatoms. The average molecular weight is 251 g/mol. The molecule has 1 aromatic carbocycles. The van der Waals surface area contributed by atoms with Crippen molar-refractivity contribution >= 4 is 0 Å². The van der Waals surface area contributed by atoms with Crippen LogP contribution >= 0.6 is 0 Å². The van der Waals surface area contributed by atoms with Crippen molar-refractivity contribution < 1.29 is 28.1 Å². The lowest BCUT2D eigenvalue weighted by atomic mass is 10.0. The van der Waals surface area contributed by atoms with Crippen LogP contribution in [0.5, 0.6) is 5.75 Å². The molecule has 1 rings (SSSR count). The topological polar surface area (TPSA) is 75.7 Å². The van der Waals surface area contributed by atoms with Crippen LogP contribution in [0.15, 0.2) is 18.2 Å². The fraction of sp³-hybridized carbons (Fsp3) is 0.400. The first-order chi connectivity index (χ1) is 7.97. The molecule has 2 atom stereocenters. The van der Waals surface area contributed by atoms with Gasteiger partial charge in [-0.05, 0) is 12.1 Å². The Morgan fingerprint density at radius 1 is 1.29 bits per heavy atom. The van der Waals surface area contributed by atoms with Crippen LogP contribution in [0.1, 0.15) is 11.7 Å². The third kappa shape index (κ3) is 3.32. The van der Waals surface area contributed by atoms with E-state index in [1.807, 2.05) is 0 Å². The van der Waals surface area contributed by atoms with Gasteiger partial charge in [0.15, 0.2) is 0 Å². The maximum absolute atomic E-state index is 13.4. The third-order valence-corrected chi connectivity index (χ3v) is 2.13. The Balaban J connectivity index is 3.10. The zero-order chi connectivity index (χ0) is 13.0. The van der Waals surface area contributed by atoms with Crippen molar-refractivity contribution in [3.63, 3.8) is 0 Å². The lowest BCUT2D eigenvalue weighted by Gasteiger charge is -2.20. The van der Waals surface area contributed by atoms with Crippen molar-refractivity contribution in [3.8, 4) is 5.75 Å². The zero-order valence-corrected chi connectivity index (χ0v) is 8.69. The van der Waals surface area contributed by atoms with Crippen LogP contribution in [-0.4, -0.2) is 29.5 Å². The number of halogens is 3. The summed E-state index contributed by atoms with van der Waals surface area (Å²) in [6, 6.07) is 3.18. The van der Waals surface area contributed by atoms with Gasteiger partial charge in [0.05, 0.1) is 11.7 Å². The normalized spacial score (nSPS) is 14.8. The van der Waals surface area contributed by atoms with E-state index in [1.54, 1.807) is 0 Å². The largest absolute Gasteiger partial charge is 0.434 e. The fourth-order valence-electron chi connectivity index (χ4n) is 1.32. The van der Waals surface area contributed by atoms with E-state index in [4.69, 9.17) is 5.73 Å². The molecule has 0 heterocycles. The highest BCUT2D eigenvalue weighted by Gasteiger charge is 2.25. The summed E-state index contributed by atoms with van der Waals surface area (Å²) in [6.45, 7) is -3.50. The number of aliphatic hydroxyl groups is 2. The van der Waals surface area contributed by atoms with Gasteiger partial charge in [0.1, 0.15) is 17.7 Å². The number of hydrogen-bond acceptors (Lipinski definition) is 4. The lowest BCUT2D eigenvalue weighted by Crippen LogP contribution is -2.28. The van der Waals surface area contributed by atoms with E-state index >= 15 is 0 Å². The van der Waals surface area contributed by atoms with Gasteiger partial charge in [-0.3, -0.25) is 0 Å². The molecule has 0 aromatic heterocycles. The van der Waals surface area contributed by atoms with Crippen LogP contribution in [0.4, 0.5) is 13.2 Å². The number of nitrogens with two attached hydrogens (primary N) is 1. The molecule has 17 heavy (non-hydrogen) atoms. The molecule has 0 bridgehead atoms. The Morgan fingerprint density at radius 2 is 1.94 bits per heavy atom. The van der Waals surface area contributed by atoms with Gasteiger partial charge in [-0.15, -0.1) is 0 Å². The summed E-state index contributed by atoms with van der Waals surface area (Å²) < 4.78 is 41.6. The molecule has 0 fully saturated rings. The maximum atomic E-state index is 13.4. The Labute approximate surface area is 95.4 Å². The smallest absolute Gasteiger partial charge is 0.387 e. The van der Waals surface area contributed by atoms with Crippen LogP contribution in [-0.2, 0) is 0 Å². The van der Waals surface area contributed by atoms with Gasteiger partial charge in [0.2, 0.25) is 0 Å². The summed E-state index contributed by atoms with van der Waals surface area (Å²) in [6.07, 6.45) is -3.19. The first-order valence-electron chi connectivity index (χ1n) is 4.76. The molecule has 96 valence electrons. The summed E-state index contributed by atoms with van der Waals surface area (Å²) in [5.74, 6) is -1.48. The fourth-order valence-corrected chi connectivity index (χ4v) is 1.32. The monoisotopic (exact) mass is 251 g/mol. The predicted octanol–water partition coefficient (Wildman–Crippen LogP) is 0.780. The predicted molar refractivity (Wildman–Crippen MR) is 53.1 cm³/mol. The van der Waals surface area contributed by atoms with Crippen LogP contribution in [0.3, 0.4) is 0 Å². The van der Waals surface area contributed by atoms with E-state index in [1.165, 1.54) is 0 Å². The maximum Gasteiger partial charge on any atom is 0.387 e. The van der Waals surface area contributed by atoms with Gasteiger partial charge in [-0.2, -0.15) is 8.78 Å². The number of alkyl halides is 2. The quantitative estimate of drug-likeness (QED) is 0.722. The van der Waals surface area contributed by atoms with E-state index in [0.29, 0.717) is 0 Å². The van der Waals surface area contributed by atoms with Crippen LogP contribution in [0, 0.1) is 5.82 Å². The zero-order valence-electron chi connectivity index (χ0n) is 8.69. The molecule has 0 aliphatic carbocycles. The molecule has 1 aromatic rings. The van der Waals surface area contributed by atoms with E-state index in [9.17, 15) is 23.4 Å². The van der Waals surface area contributed by atoms with Gasteiger partial charge in [0.25, 0.3) is 0 Å². The summed E-state index contributed by atoms with van der Waals surface area (Å²) in [4.78, 5) is 0. The van der Waals surface area contributed by atoms with Crippen molar-refractivity contribution in [2.75, 3.05) is 6.54 Å². The first-order valence-corrected chi connectivity index (χ1v) is 4.76. The lowest BCUT2D eigenvalue weighted by molar-refractivity contribution is -0.0540. The second kappa shape index (κ2) is 5.85. The Hall–Kier alpha value is -1.31. The third-order valence-electron chi connectivity index (χ3n) is 2.13. The molecule has 4 N–H and O–H groups in total. The number of rotatable bonds is 5. The molecule has 0 saturated carbocycles. The molecular formula is C10H12F3NO3. The molecule has 0 aliphatic heterocycles. The minimum Gasteiger partial charge on any atom is -0.434 e. The van der Waals surface area contributed by atoms with E-state index in [2.05, 4.69) is 4.74 Å². The molecule has 4 nitrogen and oxygen atoms in total. The number of ether oxygens (including phenoxy) is 1. The van der Waals surface area contributed by atoms with Gasteiger partial charge in [0, 0.05) is 6.54 Å². The second-order valence-electron chi connectivity index (χ2n) is 3.28. The van der Waals surface area contributed by atoms with Crippen molar-refractivity contribution in [1.29, 1.82) is 0 Å². The Kier molecular flexibility index (Phi) is 4.73. The molecule has 0 spiro atoms. The molecular weight excluding hydrogens is 239 g/mol. The van der Waals surface area contributed by atoms with Crippen molar-refractivity contribution in [3.05, 3.63) is 29.6 Å². The standard InChI is InChI=1S/C10H12F3NO3/c11-5-2-1-3-7(17-10(12)13)8(5)9(16)6(15)4-14/h1-3,6,9-10,15-16H,4,14H2. The van der Waals surface area contributed by atoms with Gasteiger partial charge in [-0.25, -0.2) is 4.39 Å². The SMILES string of the molecule is NCC(O)C(O)c1c(F)cccc1OC(F)F. The highest BCUT2D eigenvalue weighted by atomic mass is 19.3. The minimum absolute atomic E-state index is 0.344. The minimum atomic E-state index is -3.15. The highest BCUT2D eigenvalue weighted by Crippen LogP contribution is 2.30. The number of aliphatic hydroxyl groups excluding tert-OH is 2. The van der Waals surface area contributed by atoms with Crippen LogP contribution in [0.2, 0.25) is 0 Å². The van der Waals surface area contributed by atoms with Gasteiger partial charge >= 0.3 is 6.61 Å². The summed E-state index contributed by atoms with van der Waals surface area (Å²) in [5, 5.41) is 18.8. The summed E-state index contributed by atoms with van der Waals surface area (Å²) >= 11 is 0. The van der Waals surface area contributed by atoms with E-state index in [-0.39, 0.29) is 6.54 Å². The molecule has 0 amide bonds. The van der Waals surface area contributed by atoms with Crippen molar-refractivity contribution in [2.24, 2.45) is 5.73 Å². The first kappa shape index (κ1) is 13.8. The van der Waals surface area contributed by atoms with Gasteiger partial charge < -0.3 is 20.7 Å². The van der Waals surface area contributed by atoms with Crippen LogP contribution < -0.4 is 10.5 Å². The molecule has 0 saturated heterocycles. The highest BCUT2D eigenvalue weighted by molar-refractivity contribution is 5.37. The molecule has 0 radical (unpaired) electrons. The van der Waals surface area contributed by atoms with Crippen LogP contribution in [0.25, 0.3) is 0 Å². The Morgan fingerprint density at radius 3 is 2.47 bits per heavy atom. The van der Waals surface area contributed by atoms with Crippen molar-refractivity contribution in [2.45, 2.75) is 18.8 Å². The molecule has 2 unspecified atom stereocenters. The second-order valence-corrected chi connectivity index (χ2v) is 3.28. The Bertz CT molecular complexity index is 376. The number of hydrogen-bond donors (Lipinski definition) is 3. The van der Waals surface area contributed by atoms with E-state index in [0.717, 1.165) is 18.2 Å². The molecule has 0 aliphatic rings. The van der Waals surface area contributed by atoms with E-state index < -0.39 is 35.9 Å². The van der Waals surface area contributed by atoms with Crippen molar-refractivity contribution in [1.82, 2.24) is 0 Å². The van der Waals surface area contributed by atoms with Gasteiger partial charge in [-0.1, -0.05) is 6.07 Å². The number of benzene rings is 1. The summed E-state index contributed by atoms with van der Waals surface area (Å²) in [7, 11) is 0.